The van der Waals surface area contributed by atoms with E-state index in [1.54, 1.807) is 0 Å². The molecule has 2 aliphatic rings. The molecule has 0 heterocycles. The van der Waals surface area contributed by atoms with Crippen molar-refractivity contribution in [3.05, 3.63) is 22.5 Å². The van der Waals surface area contributed by atoms with Crippen LogP contribution in [0.4, 0.5) is 0 Å². The molecule has 0 unspecified atom stereocenters. The van der Waals surface area contributed by atoms with Gasteiger partial charge in [-0.25, -0.2) is 0 Å². The third-order valence-corrected chi connectivity index (χ3v) is 5.42. The molecule has 0 saturated carbocycles. The fourth-order valence-corrected chi connectivity index (χ4v) is 4.56. The first kappa shape index (κ1) is 9.26. The van der Waals surface area contributed by atoms with E-state index in [1.807, 2.05) is 10.4 Å². The minimum atomic E-state index is 0.0420. The summed E-state index contributed by atoms with van der Waals surface area (Å²) in [5.41, 5.74) is 0. The molecule has 0 saturated heterocycles. The van der Waals surface area contributed by atoms with Gasteiger partial charge in [-0.15, -0.1) is 0 Å². The molecule has 2 aliphatic carbocycles. The molecule has 0 N–H and O–H groups in total. The molecule has 0 bridgehead atoms. The maximum absolute atomic E-state index is 2.55. The predicted octanol–water partition coefficient (Wildman–Crippen LogP) is 3.07. The van der Waals surface area contributed by atoms with Crippen LogP contribution in [-0.4, -0.2) is 9.52 Å². The molecular weight excluding hydrogens is 172 g/mol. The zero-order valence-electron chi connectivity index (χ0n) is 8.52. The van der Waals surface area contributed by atoms with Gasteiger partial charge in [-0.1, -0.05) is 22.5 Å². The lowest BCUT2D eigenvalue weighted by Gasteiger charge is -2.16. The van der Waals surface area contributed by atoms with E-state index in [4.69, 9.17) is 0 Å². The highest BCUT2D eigenvalue weighted by Gasteiger charge is 2.08. The lowest BCUT2D eigenvalue weighted by atomic mass is 10.1. The summed E-state index contributed by atoms with van der Waals surface area (Å²) in [5.74, 6) is 0. The van der Waals surface area contributed by atoms with Crippen molar-refractivity contribution in [3.63, 3.8) is 0 Å². The summed E-state index contributed by atoms with van der Waals surface area (Å²) in [4.78, 5) is 0. The second-order valence-electron chi connectivity index (χ2n) is 4.39. The minimum Gasteiger partial charge on any atom is -0.0894 e. The van der Waals surface area contributed by atoms with Gasteiger partial charge in [-0.2, -0.15) is 0 Å². The normalized spacial score (nSPS) is 23.7. The standard InChI is InChI=1S/C12H20Si/c1-3-7-11(8-4-1)13-12-9-5-2-6-10-12/h7,9H,1-6,8,10,13H2. The molecule has 0 aromatic carbocycles. The van der Waals surface area contributed by atoms with Gasteiger partial charge in [0.25, 0.3) is 0 Å². The molecule has 0 nitrogen and oxygen atoms in total. The summed E-state index contributed by atoms with van der Waals surface area (Å²) in [5, 5.41) is 3.72. The van der Waals surface area contributed by atoms with Crippen LogP contribution in [0.5, 0.6) is 0 Å². The van der Waals surface area contributed by atoms with Gasteiger partial charge < -0.3 is 0 Å². The van der Waals surface area contributed by atoms with Crippen LogP contribution in [0.1, 0.15) is 51.4 Å². The van der Waals surface area contributed by atoms with Crippen molar-refractivity contribution >= 4 is 9.52 Å². The maximum atomic E-state index is 2.55. The van der Waals surface area contributed by atoms with Gasteiger partial charge in [0.2, 0.25) is 0 Å². The molecule has 0 atom stereocenters. The summed E-state index contributed by atoms with van der Waals surface area (Å²) in [6, 6.07) is 0. The van der Waals surface area contributed by atoms with E-state index >= 15 is 0 Å². The minimum absolute atomic E-state index is 0.0420. The second-order valence-corrected chi connectivity index (χ2v) is 6.56. The largest absolute Gasteiger partial charge is 0.0894 e. The Morgan fingerprint density at radius 1 is 0.769 bits per heavy atom. The molecular formula is C12H20Si. The Labute approximate surface area is 83.9 Å². The van der Waals surface area contributed by atoms with Crippen molar-refractivity contribution in [3.8, 4) is 0 Å². The van der Waals surface area contributed by atoms with Gasteiger partial charge >= 0.3 is 0 Å². The van der Waals surface area contributed by atoms with Crippen molar-refractivity contribution in [2.75, 3.05) is 0 Å². The monoisotopic (exact) mass is 192 g/mol. The van der Waals surface area contributed by atoms with E-state index in [-0.39, 0.29) is 9.52 Å². The molecule has 0 radical (unpaired) electrons. The van der Waals surface area contributed by atoms with E-state index in [0.29, 0.717) is 0 Å². The molecule has 72 valence electrons. The molecule has 2 rings (SSSR count). The topological polar surface area (TPSA) is 0 Å². The first-order chi connectivity index (χ1) is 6.45. The lowest BCUT2D eigenvalue weighted by Crippen LogP contribution is -2.06. The van der Waals surface area contributed by atoms with E-state index in [1.165, 1.54) is 51.4 Å². The maximum Gasteiger partial charge on any atom is 0.0765 e. The summed E-state index contributed by atoms with van der Waals surface area (Å²) < 4.78 is 0. The van der Waals surface area contributed by atoms with E-state index in [2.05, 4.69) is 12.2 Å². The van der Waals surface area contributed by atoms with Crippen LogP contribution in [0.2, 0.25) is 0 Å². The number of rotatable bonds is 2. The molecule has 13 heavy (non-hydrogen) atoms. The number of hydrogen-bond donors (Lipinski definition) is 0. The van der Waals surface area contributed by atoms with Crippen LogP contribution in [-0.2, 0) is 0 Å². The van der Waals surface area contributed by atoms with Gasteiger partial charge in [0.1, 0.15) is 0 Å². The molecule has 1 heteroatoms. The van der Waals surface area contributed by atoms with E-state index in [9.17, 15) is 0 Å². The second kappa shape index (κ2) is 4.80. The van der Waals surface area contributed by atoms with Gasteiger partial charge in [0, 0.05) is 0 Å². The van der Waals surface area contributed by atoms with Crippen molar-refractivity contribution in [1.29, 1.82) is 0 Å². The first-order valence-corrected chi connectivity index (χ1v) is 7.22. The van der Waals surface area contributed by atoms with Crippen LogP contribution in [0.25, 0.3) is 0 Å². The smallest absolute Gasteiger partial charge is 0.0765 e. The quantitative estimate of drug-likeness (QED) is 0.590. The van der Waals surface area contributed by atoms with Crippen molar-refractivity contribution < 1.29 is 0 Å². The average molecular weight is 192 g/mol. The van der Waals surface area contributed by atoms with Crippen LogP contribution in [0.15, 0.2) is 22.5 Å². The molecule has 0 aliphatic heterocycles. The van der Waals surface area contributed by atoms with Crippen molar-refractivity contribution in [1.82, 2.24) is 0 Å². The summed E-state index contributed by atoms with van der Waals surface area (Å²) in [7, 11) is 0.0420. The summed E-state index contributed by atoms with van der Waals surface area (Å²) in [6.07, 6.45) is 16.5. The highest BCUT2D eigenvalue weighted by Crippen LogP contribution is 2.22. The van der Waals surface area contributed by atoms with Gasteiger partial charge in [0.15, 0.2) is 0 Å². The first-order valence-electron chi connectivity index (χ1n) is 5.81. The zero-order valence-corrected chi connectivity index (χ0v) is 9.93. The molecule has 0 amide bonds. The molecule has 0 fully saturated rings. The van der Waals surface area contributed by atoms with Crippen LogP contribution in [0, 0.1) is 0 Å². The lowest BCUT2D eigenvalue weighted by molar-refractivity contribution is 0.711. The predicted molar refractivity (Wildman–Crippen MR) is 61.6 cm³/mol. The van der Waals surface area contributed by atoms with Crippen molar-refractivity contribution in [2.45, 2.75) is 51.4 Å². The third kappa shape index (κ3) is 2.83. The number of allylic oxidation sites excluding steroid dienone is 4. The Kier molecular flexibility index (Phi) is 3.42. The zero-order chi connectivity index (χ0) is 8.93. The van der Waals surface area contributed by atoms with Crippen molar-refractivity contribution in [2.24, 2.45) is 0 Å². The highest BCUT2D eigenvalue weighted by atomic mass is 28.2. The van der Waals surface area contributed by atoms with Crippen LogP contribution in [0.3, 0.4) is 0 Å². The highest BCUT2D eigenvalue weighted by molar-refractivity contribution is 6.53. The Bertz CT molecular complexity index is 201. The Morgan fingerprint density at radius 3 is 1.69 bits per heavy atom. The van der Waals surface area contributed by atoms with Gasteiger partial charge in [0.05, 0.1) is 9.52 Å². The van der Waals surface area contributed by atoms with E-state index in [0.717, 1.165) is 0 Å². The molecule has 0 aromatic heterocycles. The third-order valence-electron chi connectivity index (χ3n) is 3.22. The molecule has 0 aromatic rings. The van der Waals surface area contributed by atoms with E-state index < -0.39 is 0 Å². The van der Waals surface area contributed by atoms with Gasteiger partial charge in [-0.3, -0.25) is 0 Å². The van der Waals surface area contributed by atoms with Crippen LogP contribution >= 0.6 is 0 Å². The van der Waals surface area contributed by atoms with Gasteiger partial charge in [-0.05, 0) is 51.4 Å². The Morgan fingerprint density at radius 2 is 1.31 bits per heavy atom. The fourth-order valence-electron chi connectivity index (χ4n) is 2.42. The average Bonchev–Trinajstić information content (AvgIpc) is 2.21. The fraction of sp³-hybridized carbons (Fsp3) is 0.667. The van der Waals surface area contributed by atoms with Crippen LogP contribution < -0.4 is 0 Å². The summed E-state index contributed by atoms with van der Waals surface area (Å²) in [6.45, 7) is 0. The Balaban J connectivity index is 1.88. The number of hydrogen-bond acceptors (Lipinski definition) is 0. The SMILES string of the molecule is C1=C([SiH2]C2=CCCCC2)CCCC1. The Hall–Kier alpha value is -0.303. The molecule has 0 spiro atoms. The summed E-state index contributed by atoms with van der Waals surface area (Å²) >= 11 is 0.